The van der Waals surface area contributed by atoms with Crippen LogP contribution >= 0.6 is 15.9 Å². The second kappa shape index (κ2) is 6.85. The maximum Gasteiger partial charge on any atom is 0.406 e. The lowest BCUT2D eigenvalue weighted by Crippen LogP contribution is -2.38. The maximum atomic E-state index is 11.1. The van der Waals surface area contributed by atoms with E-state index < -0.39 is 12.2 Å². The molecule has 1 N–H and O–H groups in total. The first-order chi connectivity index (χ1) is 6.15. The van der Waals surface area contributed by atoms with Gasteiger partial charge >= 0.3 is 6.09 Å². The zero-order valence-corrected chi connectivity index (χ0v) is 9.09. The van der Waals surface area contributed by atoms with Gasteiger partial charge in [-0.2, -0.15) is 0 Å². The molecule has 0 aliphatic rings. The molecule has 1 amide bonds. The minimum absolute atomic E-state index is 0.119. The number of alkyl halides is 1. The van der Waals surface area contributed by atoms with Crippen LogP contribution in [0, 0.1) is 0 Å². The molecule has 0 radical (unpaired) electrons. The first-order valence-corrected chi connectivity index (χ1v) is 4.71. The summed E-state index contributed by atoms with van der Waals surface area (Å²) in [6.07, 6.45) is -1.21. The Morgan fingerprint density at radius 2 is 2.08 bits per heavy atom. The van der Waals surface area contributed by atoms with Crippen LogP contribution in [0.2, 0.25) is 0 Å². The average molecular weight is 254 g/mol. The van der Waals surface area contributed by atoms with Crippen LogP contribution in [0.4, 0.5) is 4.79 Å². The third-order valence-corrected chi connectivity index (χ3v) is 1.95. The van der Waals surface area contributed by atoms with Crippen LogP contribution in [0.3, 0.4) is 0 Å². The SMILES string of the molecule is COC(=O)NCC(OC)C(=O)CBr. The van der Waals surface area contributed by atoms with Crippen molar-refractivity contribution < 1.29 is 19.1 Å². The number of rotatable bonds is 5. The molecule has 0 heterocycles. The first-order valence-electron chi connectivity index (χ1n) is 3.59. The van der Waals surface area contributed by atoms with E-state index in [1.54, 1.807) is 0 Å². The summed E-state index contributed by atoms with van der Waals surface area (Å²) in [5.41, 5.74) is 0. The highest BCUT2D eigenvalue weighted by molar-refractivity contribution is 9.09. The van der Waals surface area contributed by atoms with Crippen LogP contribution in [-0.4, -0.2) is 44.1 Å². The molecule has 1 unspecified atom stereocenters. The fourth-order valence-corrected chi connectivity index (χ4v) is 1.02. The molecular formula is C7H12BrNO4. The van der Waals surface area contributed by atoms with Crippen molar-refractivity contribution in [2.75, 3.05) is 26.1 Å². The van der Waals surface area contributed by atoms with E-state index in [9.17, 15) is 9.59 Å². The van der Waals surface area contributed by atoms with E-state index in [0.717, 1.165) is 0 Å². The molecule has 13 heavy (non-hydrogen) atoms. The number of amides is 1. The van der Waals surface area contributed by atoms with Crippen LogP contribution in [0.15, 0.2) is 0 Å². The van der Waals surface area contributed by atoms with Crippen molar-refractivity contribution in [2.24, 2.45) is 0 Å². The number of ketones is 1. The summed E-state index contributed by atoms with van der Waals surface area (Å²) in [6.45, 7) is 0.119. The van der Waals surface area contributed by atoms with Gasteiger partial charge in [0.15, 0.2) is 5.78 Å². The Morgan fingerprint density at radius 3 is 2.46 bits per heavy atom. The van der Waals surface area contributed by atoms with Crippen molar-refractivity contribution in [3.8, 4) is 0 Å². The summed E-state index contributed by atoms with van der Waals surface area (Å²) < 4.78 is 9.18. The summed E-state index contributed by atoms with van der Waals surface area (Å²) in [4.78, 5) is 21.7. The lowest BCUT2D eigenvalue weighted by atomic mass is 10.2. The van der Waals surface area contributed by atoms with E-state index in [4.69, 9.17) is 4.74 Å². The van der Waals surface area contributed by atoms with Gasteiger partial charge in [-0.1, -0.05) is 15.9 Å². The van der Waals surface area contributed by atoms with Crippen LogP contribution < -0.4 is 5.32 Å². The first kappa shape index (κ1) is 12.4. The Morgan fingerprint density at radius 1 is 1.46 bits per heavy atom. The Balaban J connectivity index is 3.85. The number of methoxy groups -OCH3 is 2. The second-order valence-corrected chi connectivity index (χ2v) is 2.76. The van der Waals surface area contributed by atoms with Crippen molar-refractivity contribution in [1.29, 1.82) is 0 Å². The number of hydrogen-bond acceptors (Lipinski definition) is 4. The zero-order valence-electron chi connectivity index (χ0n) is 7.50. The topological polar surface area (TPSA) is 64.6 Å². The van der Waals surface area contributed by atoms with Gasteiger partial charge in [0.1, 0.15) is 6.10 Å². The van der Waals surface area contributed by atoms with Crippen molar-refractivity contribution in [1.82, 2.24) is 5.32 Å². The molecule has 0 saturated heterocycles. The maximum absolute atomic E-state index is 11.1. The van der Waals surface area contributed by atoms with Gasteiger partial charge in [-0.25, -0.2) is 4.79 Å². The van der Waals surface area contributed by atoms with Gasteiger partial charge in [0.05, 0.1) is 19.0 Å². The third kappa shape index (κ3) is 4.84. The van der Waals surface area contributed by atoms with E-state index in [-0.39, 0.29) is 17.7 Å². The molecule has 5 nitrogen and oxygen atoms in total. The van der Waals surface area contributed by atoms with Crippen LogP contribution in [0.5, 0.6) is 0 Å². The molecule has 0 aliphatic heterocycles. The van der Waals surface area contributed by atoms with Gasteiger partial charge < -0.3 is 14.8 Å². The third-order valence-electron chi connectivity index (χ3n) is 1.39. The van der Waals surface area contributed by atoms with Crippen molar-refractivity contribution in [3.63, 3.8) is 0 Å². The summed E-state index contributed by atoms with van der Waals surface area (Å²) >= 11 is 3.01. The number of hydrogen-bond donors (Lipinski definition) is 1. The monoisotopic (exact) mass is 253 g/mol. The lowest BCUT2D eigenvalue weighted by Gasteiger charge is -2.12. The van der Waals surface area contributed by atoms with Gasteiger partial charge in [-0.05, 0) is 0 Å². The number of carbonyl (C=O) groups excluding carboxylic acids is 2. The number of ether oxygens (including phenoxy) is 2. The predicted molar refractivity (Wildman–Crippen MR) is 50.0 cm³/mol. The highest BCUT2D eigenvalue weighted by atomic mass is 79.9. The second-order valence-electron chi connectivity index (χ2n) is 2.20. The fraction of sp³-hybridized carbons (Fsp3) is 0.714. The van der Waals surface area contributed by atoms with E-state index in [1.165, 1.54) is 14.2 Å². The average Bonchev–Trinajstić information content (AvgIpc) is 2.17. The van der Waals surface area contributed by atoms with Crippen molar-refractivity contribution in [3.05, 3.63) is 0 Å². The van der Waals surface area contributed by atoms with Gasteiger partial charge in [-0.3, -0.25) is 4.79 Å². The minimum atomic E-state index is -0.626. The normalized spacial score (nSPS) is 11.9. The summed E-state index contributed by atoms with van der Waals surface area (Å²) in [5.74, 6) is -0.126. The summed E-state index contributed by atoms with van der Waals surface area (Å²) in [7, 11) is 2.66. The molecule has 0 aromatic rings. The summed E-state index contributed by atoms with van der Waals surface area (Å²) in [6, 6.07) is 0. The quantitative estimate of drug-likeness (QED) is 0.717. The Hall–Kier alpha value is -0.620. The Bertz CT molecular complexity index is 185. The molecule has 0 aromatic carbocycles. The molecule has 0 spiro atoms. The van der Waals surface area contributed by atoms with E-state index in [1.807, 2.05) is 0 Å². The molecule has 0 saturated carbocycles. The molecule has 0 aromatic heterocycles. The molecule has 0 rings (SSSR count). The van der Waals surface area contributed by atoms with Gasteiger partial charge in [-0.15, -0.1) is 0 Å². The van der Waals surface area contributed by atoms with E-state index in [0.29, 0.717) is 0 Å². The Kier molecular flexibility index (Phi) is 6.52. The summed E-state index contributed by atoms with van der Waals surface area (Å²) in [5, 5.41) is 2.57. The van der Waals surface area contributed by atoms with Crippen LogP contribution in [0.1, 0.15) is 0 Å². The molecule has 1 atom stereocenters. The standard InChI is InChI=1S/C7H12BrNO4/c1-12-6(5(10)3-8)4-9-7(11)13-2/h6H,3-4H2,1-2H3,(H,9,11). The number of carbonyl (C=O) groups is 2. The largest absolute Gasteiger partial charge is 0.453 e. The Labute approximate surface area is 84.9 Å². The zero-order chi connectivity index (χ0) is 10.3. The fourth-order valence-electron chi connectivity index (χ4n) is 0.663. The van der Waals surface area contributed by atoms with Crippen LogP contribution in [-0.2, 0) is 14.3 Å². The predicted octanol–water partition coefficient (Wildman–Crippen LogP) is 0.321. The molecule has 76 valence electrons. The van der Waals surface area contributed by atoms with E-state index in [2.05, 4.69) is 26.0 Å². The van der Waals surface area contributed by atoms with Gasteiger partial charge in [0.2, 0.25) is 0 Å². The number of halogens is 1. The molecular weight excluding hydrogens is 242 g/mol. The van der Waals surface area contributed by atoms with Gasteiger partial charge in [0, 0.05) is 7.11 Å². The van der Waals surface area contributed by atoms with Crippen LogP contribution in [0.25, 0.3) is 0 Å². The van der Waals surface area contributed by atoms with Crippen molar-refractivity contribution in [2.45, 2.75) is 6.10 Å². The smallest absolute Gasteiger partial charge is 0.406 e. The molecule has 0 fully saturated rings. The number of Topliss-reactive ketones (excluding diaryl/α,β-unsaturated/α-hetero) is 1. The lowest BCUT2D eigenvalue weighted by molar-refractivity contribution is -0.125. The minimum Gasteiger partial charge on any atom is -0.453 e. The highest BCUT2D eigenvalue weighted by Gasteiger charge is 2.16. The molecule has 6 heteroatoms. The van der Waals surface area contributed by atoms with Gasteiger partial charge in [0.25, 0.3) is 0 Å². The highest BCUT2D eigenvalue weighted by Crippen LogP contribution is 1.94. The molecule has 0 aliphatic carbocycles. The number of alkyl carbamates (subject to hydrolysis) is 1. The van der Waals surface area contributed by atoms with E-state index >= 15 is 0 Å². The number of nitrogens with one attached hydrogen (secondary N) is 1. The van der Waals surface area contributed by atoms with Crippen molar-refractivity contribution >= 4 is 27.8 Å². The molecule has 0 bridgehead atoms.